The third-order valence-electron chi connectivity index (χ3n) is 8.18. The molecular formula is C29H28N4O3. The van der Waals surface area contributed by atoms with Crippen LogP contribution in [0, 0.1) is 11.8 Å². The van der Waals surface area contributed by atoms with Crippen LogP contribution in [0.15, 0.2) is 73.1 Å². The zero-order valence-electron chi connectivity index (χ0n) is 19.9. The minimum atomic E-state index is -0.680. The van der Waals surface area contributed by atoms with Gasteiger partial charge in [0.15, 0.2) is 0 Å². The van der Waals surface area contributed by atoms with Gasteiger partial charge < -0.3 is 24.9 Å². The van der Waals surface area contributed by atoms with Crippen LogP contribution >= 0.6 is 0 Å². The lowest BCUT2D eigenvalue weighted by Gasteiger charge is -2.23. The fraction of sp³-hybridized carbons (Fsp3) is 0.310. The number of benzene rings is 2. The lowest BCUT2D eigenvalue weighted by atomic mass is 9.77. The van der Waals surface area contributed by atoms with E-state index in [1.807, 2.05) is 59.8 Å². The number of H-pyrrole nitrogens is 2. The maximum absolute atomic E-state index is 13.5. The standard InChI is InChI=1S/C29H28N4O3/c34-27(30-13-10-18-15-31-22-7-3-1-5-20(18)22)25-24-9-12-29(36-24)17-33(28(35)26(25)29)14-11-19-16-32-23-8-4-2-6-21(19)23/h1-9,12,15-16,24-26,31-32H,10-11,13-14,17H2,(H,30,34)/t24-,25-,26+,29+/m1/s1. The maximum Gasteiger partial charge on any atom is 0.230 e. The minimum absolute atomic E-state index is 0.0264. The minimum Gasteiger partial charge on any atom is -0.361 e. The van der Waals surface area contributed by atoms with Crippen molar-refractivity contribution in [3.8, 4) is 0 Å². The van der Waals surface area contributed by atoms with Gasteiger partial charge in [0.2, 0.25) is 11.8 Å². The highest BCUT2D eigenvalue weighted by molar-refractivity contribution is 5.93. The molecule has 0 unspecified atom stereocenters. The normalized spacial score (nSPS) is 26.4. The van der Waals surface area contributed by atoms with E-state index >= 15 is 0 Å². The van der Waals surface area contributed by atoms with Crippen molar-refractivity contribution in [1.29, 1.82) is 0 Å². The summed E-state index contributed by atoms with van der Waals surface area (Å²) in [6, 6.07) is 16.4. The lowest BCUT2D eigenvalue weighted by Crippen LogP contribution is -2.44. The first-order valence-corrected chi connectivity index (χ1v) is 12.7. The van der Waals surface area contributed by atoms with Gasteiger partial charge in [-0.3, -0.25) is 9.59 Å². The van der Waals surface area contributed by atoms with Gasteiger partial charge in [-0.15, -0.1) is 0 Å². The molecule has 3 N–H and O–H groups in total. The van der Waals surface area contributed by atoms with E-state index in [2.05, 4.69) is 33.5 Å². The molecule has 2 fully saturated rings. The number of carbonyl (C=O) groups excluding carboxylic acids is 2. The van der Waals surface area contributed by atoms with Gasteiger partial charge >= 0.3 is 0 Å². The molecule has 0 aliphatic carbocycles. The van der Waals surface area contributed by atoms with Crippen molar-refractivity contribution in [1.82, 2.24) is 20.2 Å². The molecule has 3 aliphatic rings. The number of hydrogen-bond acceptors (Lipinski definition) is 3. The Bertz CT molecular complexity index is 1520. The number of amides is 2. The SMILES string of the molecule is O=C(NCCc1c[nH]c2ccccc12)[C@H]1[C@H]2C(=O)N(CCc3c[nH]c4ccccc34)C[C@@]23C=C[C@H]1O3. The number of fused-ring (bicyclic) bond motifs is 3. The van der Waals surface area contributed by atoms with E-state index < -0.39 is 17.4 Å². The molecule has 1 spiro atoms. The van der Waals surface area contributed by atoms with Crippen LogP contribution in [-0.2, 0) is 27.2 Å². The quantitative estimate of drug-likeness (QED) is 0.355. The van der Waals surface area contributed by atoms with Gasteiger partial charge in [-0.25, -0.2) is 0 Å². The predicted octanol–water partition coefficient (Wildman–Crippen LogP) is 3.33. The second kappa shape index (κ2) is 8.10. The van der Waals surface area contributed by atoms with Crippen molar-refractivity contribution < 1.29 is 14.3 Å². The number of aromatic amines is 2. The molecule has 2 aromatic heterocycles. The molecule has 3 aliphatic heterocycles. The maximum atomic E-state index is 13.5. The smallest absolute Gasteiger partial charge is 0.230 e. The Morgan fingerprint density at radius 1 is 1.00 bits per heavy atom. The summed E-state index contributed by atoms with van der Waals surface area (Å²) in [5, 5.41) is 5.45. The molecule has 7 nitrogen and oxygen atoms in total. The molecule has 2 bridgehead atoms. The van der Waals surface area contributed by atoms with Gasteiger partial charge in [-0.05, 0) is 36.1 Å². The number of para-hydroxylation sites is 2. The Hall–Kier alpha value is -3.84. The highest BCUT2D eigenvalue weighted by Crippen LogP contribution is 2.51. The second-order valence-corrected chi connectivity index (χ2v) is 10.2. The van der Waals surface area contributed by atoms with E-state index in [-0.39, 0.29) is 17.9 Å². The summed E-state index contributed by atoms with van der Waals surface area (Å²) in [6.07, 6.45) is 9.16. The summed E-state index contributed by atoms with van der Waals surface area (Å²) in [5.41, 5.74) is 3.88. The van der Waals surface area contributed by atoms with Crippen LogP contribution in [0.5, 0.6) is 0 Å². The molecule has 0 radical (unpaired) electrons. The number of likely N-dealkylation sites (tertiary alicyclic amines) is 1. The lowest BCUT2D eigenvalue weighted by molar-refractivity contribution is -0.137. The Morgan fingerprint density at radius 3 is 2.39 bits per heavy atom. The van der Waals surface area contributed by atoms with Gasteiger partial charge in [-0.2, -0.15) is 0 Å². The average molecular weight is 481 g/mol. The number of hydrogen-bond donors (Lipinski definition) is 3. The monoisotopic (exact) mass is 480 g/mol. The summed E-state index contributed by atoms with van der Waals surface area (Å²) in [5.74, 6) is -1.01. The van der Waals surface area contributed by atoms with Gasteiger partial charge in [0.1, 0.15) is 5.60 Å². The largest absolute Gasteiger partial charge is 0.361 e. The summed E-state index contributed by atoms with van der Waals surface area (Å²) < 4.78 is 6.29. The molecular weight excluding hydrogens is 452 g/mol. The molecule has 7 rings (SSSR count). The Labute approximate surface area is 208 Å². The van der Waals surface area contributed by atoms with Crippen LogP contribution in [0.3, 0.4) is 0 Å². The van der Waals surface area contributed by atoms with Crippen LogP contribution in [0.25, 0.3) is 21.8 Å². The molecule has 7 heteroatoms. The van der Waals surface area contributed by atoms with Crippen molar-refractivity contribution in [2.45, 2.75) is 24.5 Å². The van der Waals surface area contributed by atoms with Crippen molar-refractivity contribution in [3.05, 3.63) is 84.2 Å². The summed E-state index contributed by atoms with van der Waals surface area (Å²) in [6.45, 7) is 1.63. The van der Waals surface area contributed by atoms with E-state index in [1.165, 1.54) is 21.9 Å². The molecule has 0 saturated carbocycles. The molecule has 2 saturated heterocycles. The zero-order valence-corrected chi connectivity index (χ0v) is 19.9. The first-order valence-electron chi connectivity index (χ1n) is 12.7. The number of nitrogens with one attached hydrogen (secondary N) is 3. The number of nitrogens with zero attached hydrogens (tertiary/aromatic N) is 1. The first kappa shape index (κ1) is 21.4. The van der Waals surface area contributed by atoms with Gasteiger partial charge in [0.05, 0.1) is 24.5 Å². The van der Waals surface area contributed by atoms with E-state index in [4.69, 9.17) is 4.74 Å². The van der Waals surface area contributed by atoms with Crippen molar-refractivity contribution in [3.63, 3.8) is 0 Å². The van der Waals surface area contributed by atoms with Gasteiger partial charge in [-0.1, -0.05) is 48.6 Å². The van der Waals surface area contributed by atoms with Crippen LogP contribution in [0.2, 0.25) is 0 Å². The zero-order chi connectivity index (χ0) is 24.3. The molecule has 2 aromatic carbocycles. The average Bonchev–Trinajstić information content (AvgIpc) is 3.70. The fourth-order valence-electron chi connectivity index (χ4n) is 6.44. The van der Waals surface area contributed by atoms with E-state index in [1.54, 1.807) is 0 Å². The molecule has 36 heavy (non-hydrogen) atoms. The number of carbonyl (C=O) groups is 2. The van der Waals surface area contributed by atoms with Crippen LogP contribution < -0.4 is 5.32 Å². The molecule has 2 amide bonds. The summed E-state index contributed by atoms with van der Waals surface area (Å²) in [7, 11) is 0. The summed E-state index contributed by atoms with van der Waals surface area (Å²) in [4.78, 5) is 35.3. The van der Waals surface area contributed by atoms with Gasteiger partial charge in [0, 0.05) is 47.3 Å². The molecule has 5 heterocycles. The van der Waals surface area contributed by atoms with Crippen LogP contribution in [-0.4, -0.2) is 58.0 Å². The highest BCUT2D eigenvalue weighted by atomic mass is 16.5. The number of ether oxygens (including phenoxy) is 1. The Morgan fingerprint density at radius 2 is 1.67 bits per heavy atom. The fourth-order valence-corrected chi connectivity index (χ4v) is 6.44. The molecule has 4 aromatic rings. The third kappa shape index (κ3) is 3.23. The summed E-state index contributed by atoms with van der Waals surface area (Å²) >= 11 is 0. The molecule has 4 atom stereocenters. The van der Waals surface area contributed by atoms with E-state index in [0.29, 0.717) is 19.6 Å². The number of aromatic nitrogens is 2. The highest BCUT2D eigenvalue weighted by Gasteiger charge is 2.66. The van der Waals surface area contributed by atoms with E-state index in [0.717, 1.165) is 23.9 Å². The molecule has 182 valence electrons. The Kier molecular flexibility index (Phi) is 4.82. The Balaban J connectivity index is 1.03. The predicted molar refractivity (Wildman–Crippen MR) is 137 cm³/mol. The topological polar surface area (TPSA) is 90.2 Å². The van der Waals surface area contributed by atoms with Gasteiger partial charge in [0.25, 0.3) is 0 Å². The number of rotatable bonds is 7. The van der Waals surface area contributed by atoms with E-state index in [9.17, 15) is 9.59 Å². The van der Waals surface area contributed by atoms with Crippen LogP contribution in [0.1, 0.15) is 11.1 Å². The van der Waals surface area contributed by atoms with Crippen molar-refractivity contribution in [2.75, 3.05) is 19.6 Å². The van der Waals surface area contributed by atoms with Crippen LogP contribution in [0.4, 0.5) is 0 Å². The van der Waals surface area contributed by atoms with Crippen molar-refractivity contribution in [2.24, 2.45) is 11.8 Å². The second-order valence-electron chi connectivity index (χ2n) is 10.2. The van der Waals surface area contributed by atoms with Crippen molar-refractivity contribution >= 4 is 33.6 Å². The first-order chi connectivity index (χ1) is 17.6. The third-order valence-corrected chi connectivity index (χ3v) is 8.18.